The number of aryl methyl sites for hydroxylation is 1. The summed E-state index contributed by atoms with van der Waals surface area (Å²) in [6.07, 6.45) is -4.74. The van der Waals surface area contributed by atoms with Crippen LogP contribution in [-0.2, 0) is 0 Å². The van der Waals surface area contributed by atoms with Gasteiger partial charge in [0.05, 0.1) is 20.2 Å². The molecule has 0 unspecified atom stereocenters. The van der Waals surface area contributed by atoms with Gasteiger partial charge in [0.2, 0.25) is 0 Å². The second-order valence-electron chi connectivity index (χ2n) is 4.70. The summed E-state index contributed by atoms with van der Waals surface area (Å²) in [5, 5.41) is 0.919. The molecule has 0 spiro atoms. The van der Waals surface area contributed by atoms with Gasteiger partial charge in [-0.05, 0) is 43.3 Å². The average molecular weight is 376 g/mol. The van der Waals surface area contributed by atoms with Gasteiger partial charge in [-0.3, -0.25) is 0 Å². The fourth-order valence-electron chi connectivity index (χ4n) is 1.78. The maximum atomic E-state index is 11.7. The normalized spacial score (nSPS) is 11.0. The molecular weight excluding hydrogens is 363 g/mol. The molecule has 0 aliphatic carbocycles. The Kier molecular flexibility index (Phi) is 5.40. The van der Waals surface area contributed by atoms with E-state index in [1.807, 2.05) is 25.1 Å². The highest BCUT2D eigenvalue weighted by Gasteiger charge is 2.31. The maximum absolute atomic E-state index is 11.7. The van der Waals surface area contributed by atoms with Gasteiger partial charge in [-0.15, -0.1) is 24.5 Å². The van der Waals surface area contributed by atoms with Crippen LogP contribution in [0.3, 0.4) is 0 Å². The van der Waals surface area contributed by atoms with Gasteiger partial charge >= 0.3 is 6.36 Å². The number of hydrogen-bond acceptors (Lipinski definition) is 5. The molecule has 0 atom stereocenters. The number of halogens is 4. The van der Waals surface area contributed by atoms with Crippen LogP contribution in [0, 0.1) is 6.92 Å². The van der Waals surface area contributed by atoms with Gasteiger partial charge in [0.25, 0.3) is 0 Å². The Bertz CT molecular complexity index is 852. The molecule has 4 nitrogen and oxygen atoms in total. The lowest BCUT2D eigenvalue weighted by Crippen LogP contribution is -2.17. The zero-order valence-electron chi connectivity index (χ0n) is 12.4. The molecule has 3 rings (SSSR count). The van der Waals surface area contributed by atoms with Crippen molar-refractivity contribution < 1.29 is 17.9 Å². The van der Waals surface area contributed by atoms with Crippen LogP contribution in [0.2, 0.25) is 5.02 Å². The van der Waals surface area contributed by atoms with E-state index in [1.165, 1.54) is 16.8 Å². The van der Waals surface area contributed by atoms with Crippen LogP contribution < -0.4 is 16.2 Å². The zero-order chi connectivity index (χ0) is 17.9. The molecule has 0 aliphatic rings. The third-order valence-corrected chi connectivity index (χ3v) is 3.93. The summed E-state index contributed by atoms with van der Waals surface area (Å²) in [5.74, 6) is -0.455. The Hall–Kier alpha value is -2.19. The highest BCUT2D eigenvalue weighted by atomic mass is 35.5. The molecule has 0 radical (unpaired) electrons. The number of ether oxygens (including phenoxy) is 1. The van der Waals surface area contributed by atoms with Crippen molar-refractivity contribution in [3.05, 3.63) is 46.4 Å². The lowest BCUT2D eigenvalue weighted by atomic mass is 10.3. The highest BCUT2D eigenvalue weighted by molar-refractivity contribution is 7.18. The molecule has 0 fully saturated rings. The Labute approximate surface area is 144 Å². The fourth-order valence-corrected chi connectivity index (χ4v) is 2.88. The number of aromatic nitrogens is 1. The quantitative estimate of drug-likeness (QED) is 0.586. The van der Waals surface area contributed by atoms with Crippen molar-refractivity contribution in [2.24, 2.45) is 0 Å². The number of anilines is 2. The molecule has 0 bridgehead atoms. The van der Waals surface area contributed by atoms with E-state index < -0.39 is 12.1 Å². The second-order valence-corrected chi connectivity index (χ2v) is 6.34. The molecule has 128 valence electrons. The van der Waals surface area contributed by atoms with Gasteiger partial charge in [-0.2, -0.15) is 0 Å². The molecule has 2 aromatic carbocycles. The van der Waals surface area contributed by atoms with Crippen molar-refractivity contribution >= 4 is 44.5 Å². The zero-order valence-corrected chi connectivity index (χ0v) is 14.0. The van der Waals surface area contributed by atoms with E-state index in [1.54, 1.807) is 11.3 Å². The van der Waals surface area contributed by atoms with Crippen LogP contribution in [0.5, 0.6) is 5.75 Å². The van der Waals surface area contributed by atoms with Gasteiger partial charge in [0, 0.05) is 11.4 Å². The summed E-state index contributed by atoms with van der Waals surface area (Å²) in [6.45, 7) is 2.00. The average Bonchev–Trinajstić information content (AvgIpc) is 2.81. The smallest absolute Gasteiger partial charge is 0.404 e. The van der Waals surface area contributed by atoms with Crippen molar-refractivity contribution in [2.75, 3.05) is 11.5 Å². The van der Waals surface area contributed by atoms with Crippen molar-refractivity contribution in [1.82, 2.24) is 4.98 Å². The first-order valence-corrected chi connectivity index (χ1v) is 7.77. The second kappa shape index (κ2) is 7.14. The monoisotopic (exact) mass is 375 g/mol. The predicted octanol–water partition coefficient (Wildman–Crippen LogP) is 5.01. The number of alkyl halides is 3. The van der Waals surface area contributed by atoms with Gasteiger partial charge in [0.15, 0.2) is 0 Å². The molecule has 3 aromatic rings. The van der Waals surface area contributed by atoms with Gasteiger partial charge < -0.3 is 16.2 Å². The Morgan fingerprint density at radius 2 is 1.71 bits per heavy atom. The predicted molar refractivity (Wildman–Crippen MR) is 91.3 cm³/mol. The first-order valence-electron chi connectivity index (χ1n) is 6.57. The first-order chi connectivity index (χ1) is 11.1. The number of rotatable bonds is 1. The minimum Gasteiger partial charge on any atom is -0.404 e. The van der Waals surface area contributed by atoms with E-state index in [0.29, 0.717) is 0 Å². The number of nitrogens with two attached hydrogens (primary N) is 2. The van der Waals surface area contributed by atoms with Crippen LogP contribution in [-0.4, -0.2) is 11.3 Å². The molecule has 0 aliphatic heterocycles. The van der Waals surface area contributed by atoms with Crippen molar-refractivity contribution in [1.29, 1.82) is 0 Å². The third-order valence-electron chi connectivity index (χ3n) is 2.70. The molecule has 0 saturated heterocycles. The molecule has 9 heteroatoms. The molecule has 1 heterocycles. The molecular formula is C15H13ClF3N3OS. The number of benzene rings is 2. The SMILES string of the molecule is Cc1nc2ccc(N)cc2s1.Nc1ccc(OC(F)(F)F)c(Cl)c1. The Morgan fingerprint density at radius 1 is 1.08 bits per heavy atom. The lowest BCUT2D eigenvalue weighted by molar-refractivity contribution is -0.274. The van der Waals surface area contributed by atoms with Crippen LogP contribution in [0.4, 0.5) is 24.5 Å². The van der Waals surface area contributed by atoms with E-state index in [9.17, 15) is 13.2 Å². The first kappa shape index (κ1) is 18.2. The highest BCUT2D eigenvalue weighted by Crippen LogP contribution is 2.31. The van der Waals surface area contributed by atoms with Gasteiger partial charge in [-0.25, -0.2) is 4.98 Å². The summed E-state index contributed by atoms with van der Waals surface area (Å²) in [5.41, 5.74) is 13.0. The number of nitrogens with zero attached hydrogens (tertiary/aromatic N) is 1. The number of hydrogen-bond donors (Lipinski definition) is 2. The van der Waals surface area contributed by atoms with E-state index in [-0.39, 0.29) is 10.7 Å². The Balaban J connectivity index is 0.000000175. The third kappa shape index (κ3) is 5.17. The fraction of sp³-hybridized carbons (Fsp3) is 0.133. The number of nitrogen functional groups attached to an aromatic ring is 2. The minimum atomic E-state index is -4.74. The molecule has 0 saturated carbocycles. The van der Waals surface area contributed by atoms with Crippen LogP contribution in [0.1, 0.15) is 5.01 Å². The topological polar surface area (TPSA) is 74.2 Å². The van der Waals surface area contributed by atoms with E-state index in [2.05, 4.69) is 9.72 Å². The van der Waals surface area contributed by atoms with Crippen molar-refractivity contribution in [3.63, 3.8) is 0 Å². The molecule has 4 N–H and O–H groups in total. The van der Waals surface area contributed by atoms with E-state index >= 15 is 0 Å². The summed E-state index contributed by atoms with van der Waals surface area (Å²) < 4.78 is 39.9. The summed E-state index contributed by atoms with van der Waals surface area (Å²) >= 11 is 7.11. The van der Waals surface area contributed by atoms with Crippen LogP contribution in [0.25, 0.3) is 10.2 Å². The minimum absolute atomic E-state index is 0.169. The Morgan fingerprint density at radius 3 is 2.33 bits per heavy atom. The standard InChI is InChI=1S/C8H8N2S.C7H5ClF3NO/c1-5-10-7-3-2-6(9)4-8(7)11-5;8-5-3-4(12)1-2-6(5)13-7(9,10)11/h2-4H,9H2,1H3;1-3H,12H2. The summed E-state index contributed by atoms with van der Waals surface area (Å²) in [7, 11) is 0. The molecule has 1 aromatic heterocycles. The number of fused-ring (bicyclic) bond motifs is 1. The maximum Gasteiger partial charge on any atom is 0.573 e. The molecule has 24 heavy (non-hydrogen) atoms. The van der Waals surface area contributed by atoms with Crippen LogP contribution in [0.15, 0.2) is 36.4 Å². The molecule has 0 amide bonds. The van der Waals surface area contributed by atoms with Crippen molar-refractivity contribution in [3.8, 4) is 5.75 Å². The van der Waals surface area contributed by atoms with E-state index in [4.69, 9.17) is 23.1 Å². The number of thiazole rings is 1. The van der Waals surface area contributed by atoms with Gasteiger partial charge in [-0.1, -0.05) is 11.6 Å². The van der Waals surface area contributed by atoms with Crippen LogP contribution >= 0.6 is 22.9 Å². The summed E-state index contributed by atoms with van der Waals surface area (Å²) in [4.78, 5) is 4.32. The lowest BCUT2D eigenvalue weighted by Gasteiger charge is -2.10. The van der Waals surface area contributed by atoms with Gasteiger partial charge in [0.1, 0.15) is 5.75 Å². The summed E-state index contributed by atoms with van der Waals surface area (Å²) in [6, 6.07) is 9.30. The largest absolute Gasteiger partial charge is 0.573 e. The van der Waals surface area contributed by atoms with Crippen molar-refractivity contribution in [2.45, 2.75) is 13.3 Å². The van der Waals surface area contributed by atoms with E-state index in [0.717, 1.165) is 22.3 Å².